The van der Waals surface area contributed by atoms with E-state index in [1.807, 2.05) is 0 Å². The number of aromatic nitrogens is 4. The van der Waals surface area contributed by atoms with Crippen molar-refractivity contribution in [1.82, 2.24) is 25.1 Å². The number of alkyl halides is 2. The van der Waals surface area contributed by atoms with Crippen molar-refractivity contribution in [3.63, 3.8) is 0 Å². The molecular weight excluding hydrogens is 558 g/mol. The zero-order valence-electron chi connectivity index (χ0n) is 24.4. The maximum atomic E-state index is 13.9. The van der Waals surface area contributed by atoms with E-state index in [4.69, 9.17) is 14.9 Å². The largest absolute Gasteiger partial charge is 0.444 e. The summed E-state index contributed by atoms with van der Waals surface area (Å²) in [5.74, 6) is 1.53. The molecule has 0 aromatic carbocycles. The van der Waals surface area contributed by atoms with Gasteiger partial charge in [-0.25, -0.2) is 18.7 Å². The summed E-state index contributed by atoms with van der Waals surface area (Å²) in [6, 6.07) is 3.55. The number of carbonyl (C=O) groups excluding carboxylic acids is 1. The Labute approximate surface area is 250 Å². The summed E-state index contributed by atoms with van der Waals surface area (Å²) in [4.78, 5) is 21.6. The number of anilines is 2. The number of hydrogen-bond acceptors (Lipinski definition) is 9. The third kappa shape index (κ3) is 9.04. The molecule has 0 radical (unpaired) electrons. The number of rotatable bonds is 17. The summed E-state index contributed by atoms with van der Waals surface area (Å²) < 4.78 is 40.4. The first-order valence-electron chi connectivity index (χ1n) is 15.3. The van der Waals surface area contributed by atoms with Gasteiger partial charge in [0.25, 0.3) is 12.3 Å². The zero-order valence-corrected chi connectivity index (χ0v) is 24.4. The Morgan fingerprint density at radius 3 is 2.65 bits per heavy atom. The lowest BCUT2D eigenvalue weighted by atomic mass is 9.86. The van der Waals surface area contributed by atoms with E-state index in [9.17, 15) is 13.6 Å². The lowest BCUT2D eigenvalue weighted by molar-refractivity contribution is 0.102. The fourth-order valence-electron chi connectivity index (χ4n) is 5.28. The minimum absolute atomic E-state index is 0.00316. The van der Waals surface area contributed by atoms with Crippen molar-refractivity contribution in [2.75, 3.05) is 50.0 Å². The van der Waals surface area contributed by atoms with Crippen molar-refractivity contribution in [2.45, 2.75) is 63.8 Å². The van der Waals surface area contributed by atoms with E-state index in [1.165, 1.54) is 25.3 Å². The van der Waals surface area contributed by atoms with Gasteiger partial charge in [-0.05, 0) is 95.0 Å². The molecule has 2 saturated carbocycles. The fraction of sp³-hybridized carbons (Fsp3) is 0.600. The molecule has 234 valence electrons. The van der Waals surface area contributed by atoms with E-state index < -0.39 is 18.0 Å². The van der Waals surface area contributed by atoms with E-state index in [0.717, 1.165) is 64.8 Å². The predicted molar refractivity (Wildman–Crippen MR) is 159 cm³/mol. The number of nitrogens with two attached hydrogens (primary N) is 1. The van der Waals surface area contributed by atoms with Crippen LogP contribution in [-0.2, 0) is 4.74 Å². The highest BCUT2D eigenvalue weighted by Gasteiger charge is 2.27. The molecule has 3 aromatic rings. The number of nitrogens with zero attached hydrogens (tertiary/aromatic N) is 4. The van der Waals surface area contributed by atoms with Crippen LogP contribution in [0.5, 0.6) is 0 Å². The van der Waals surface area contributed by atoms with Crippen molar-refractivity contribution in [1.29, 1.82) is 0 Å². The molecule has 11 nitrogen and oxygen atoms in total. The predicted octanol–water partition coefficient (Wildman–Crippen LogP) is 5.02. The molecule has 3 aromatic heterocycles. The summed E-state index contributed by atoms with van der Waals surface area (Å²) >= 11 is 0. The van der Waals surface area contributed by atoms with Gasteiger partial charge in [0.05, 0.1) is 11.7 Å². The van der Waals surface area contributed by atoms with E-state index >= 15 is 0 Å². The quantitative estimate of drug-likeness (QED) is 0.157. The van der Waals surface area contributed by atoms with Crippen LogP contribution < -0.4 is 21.7 Å². The molecule has 0 spiro atoms. The number of oxazole rings is 1. The zero-order chi connectivity index (χ0) is 30.0. The minimum Gasteiger partial charge on any atom is -0.444 e. The fourth-order valence-corrected chi connectivity index (χ4v) is 5.28. The average molecular weight is 601 g/mol. The summed E-state index contributed by atoms with van der Waals surface area (Å²) in [7, 11) is 0. The molecular formula is C30H42F2N8O3. The van der Waals surface area contributed by atoms with Gasteiger partial charge in [0, 0.05) is 37.7 Å². The average Bonchev–Trinajstić information content (AvgIpc) is 3.53. The monoisotopic (exact) mass is 600 g/mol. The highest BCUT2D eigenvalue weighted by Crippen LogP contribution is 2.35. The van der Waals surface area contributed by atoms with Gasteiger partial charge >= 0.3 is 0 Å². The summed E-state index contributed by atoms with van der Waals surface area (Å²) in [6.45, 7) is 4.77. The van der Waals surface area contributed by atoms with Gasteiger partial charge < -0.3 is 30.8 Å². The maximum Gasteiger partial charge on any atom is 0.284 e. The first-order chi connectivity index (χ1) is 21.0. The Kier molecular flexibility index (Phi) is 11.1. The van der Waals surface area contributed by atoms with Crippen LogP contribution >= 0.6 is 0 Å². The number of hydrogen-bond donors (Lipinski definition) is 4. The number of ether oxygens (including phenoxy) is 1. The number of amides is 1. The summed E-state index contributed by atoms with van der Waals surface area (Å²) in [5.41, 5.74) is 5.64. The van der Waals surface area contributed by atoms with Crippen LogP contribution in [0.2, 0.25) is 0 Å². The Hall–Kier alpha value is -3.42. The van der Waals surface area contributed by atoms with Crippen LogP contribution in [0, 0.1) is 11.8 Å². The Morgan fingerprint density at radius 2 is 1.88 bits per heavy atom. The van der Waals surface area contributed by atoms with Crippen LogP contribution in [0.4, 0.5) is 20.3 Å². The molecule has 5 rings (SSSR count). The second kappa shape index (κ2) is 15.3. The SMILES string of the molecule is NCCCOCCCNC[C@H]1CC[C@H](n2cc(NC(=O)c3coc(-c4ccnc(NCC5CC5)c4)n3)c(C(F)F)n2)CC1. The summed E-state index contributed by atoms with van der Waals surface area (Å²) in [6.07, 6.45) is 9.46. The van der Waals surface area contributed by atoms with Crippen LogP contribution in [0.15, 0.2) is 35.2 Å². The van der Waals surface area contributed by atoms with Gasteiger partial charge in [-0.3, -0.25) is 9.48 Å². The van der Waals surface area contributed by atoms with Crippen molar-refractivity contribution in [2.24, 2.45) is 17.6 Å². The molecule has 5 N–H and O–H groups in total. The molecule has 2 aliphatic carbocycles. The highest BCUT2D eigenvalue weighted by molar-refractivity contribution is 6.03. The van der Waals surface area contributed by atoms with E-state index in [-0.39, 0.29) is 23.3 Å². The topological polar surface area (TPSA) is 145 Å². The van der Waals surface area contributed by atoms with Crippen LogP contribution in [0.25, 0.3) is 11.5 Å². The highest BCUT2D eigenvalue weighted by atomic mass is 19.3. The third-order valence-corrected chi connectivity index (χ3v) is 7.99. The van der Waals surface area contributed by atoms with Gasteiger partial charge in [-0.1, -0.05) is 0 Å². The Morgan fingerprint density at radius 1 is 1.12 bits per heavy atom. The molecule has 0 bridgehead atoms. The van der Waals surface area contributed by atoms with Gasteiger partial charge in [-0.2, -0.15) is 5.10 Å². The number of pyridine rings is 1. The second-order valence-electron chi connectivity index (χ2n) is 11.4. The molecule has 3 heterocycles. The smallest absolute Gasteiger partial charge is 0.284 e. The van der Waals surface area contributed by atoms with Crippen LogP contribution in [-0.4, -0.2) is 65.0 Å². The third-order valence-electron chi connectivity index (χ3n) is 7.99. The summed E-state index contributed by atoms with van der Waals surface area (Å²) in [5, 5.41) is 13.5. The molecule has 2 aliphatic rings. The second-order valence-corrected chi connectivity index (χ2v) is 11.4. The molecule has 0 saturated heterocycles. The van der Waals surface area contributed by atoms with Gasteiger partial charge in [0.1, 0.15) is 12.1 Å². The molecule has 0 aliphatic heterocycles. The molecule has 0 atom stereocenters. The van der Waals surface area contributed by atoms with Crippen molar-refractivity contribution < 1.29 is 22.7 Å². The van der Waals surface area contributed by atoms with Crippen LogP contribution in [0.3, 0.4) is 0 Å². The van der Waals surface area contributed by atoms with Gasteiger partial charge in [0.15, 0.2) is 11.4 Å². The molecule has 2 fully saturated rings. The number of carbonyl (C=O) groups is 1. The molecule has 1 amide bonds. The van der Waals surface area contributed by atoms with E-state index in [2.05, 4.69) is 31.0 Å². The standard InChI is InChI=1S/C30H42F2N8O3/c31-28(32)27-24(18-40(39-27)23-7-5-20(6-8-23)16-34-11-2-14-42-13-1-10-33)37-29(41)25-19-43-30(38-25)22-9-12-35-26(15-22)36-17-21-3-4-21/h9,12,15,18-21,23,28,34H,1-8,10-11,13-14,16-17,33H2,(H,35,36)(H,37,41)/t20-,23-. The first-order valence-corrected chi connectivity index (χ1v) is 15.3. The van der Waals surface area contributed by atoms with Gasteiger partial charge in [-0.15, -0.1) is 0 Å². The van der Waals surface area contributed by atoms with E-state index in [1.54, 1.807) is 23.0 Å². The molecule has 13 heteroatoms. The number of halogens is 2. The van der Waals surface area contributed by atoms with Crippen molar-refractivity contribution in [3.05, 3.63) is 42.2 Å². The maximum absolute atomic E-state index is 13.9. The normalized spacial score (nSPS) is 18.7. The minimum atomic E-state index is -2.83. The Bertz CT molecular complexity index is 1300. The van der Waals surface area contributed by atoms with Crippen molar-refractivity contribution >= 4 is 17.4 Å². The van der Waals surface area contributed by atoms with Crippen LogP contribution in [0.1, 0.15) is 80.0 Å². The lowest BCUT2D eigenvalue weighted by Gasteiger charge is -2.29. The van der Waals surface area contributed by atoms with Crippen molar-refractivity contribution in [3.8, 4) is 11.5 Å². The Balaban J connectivity index is 1.11. The van der Waals surface area contributed by atoms with Gasteiger partial charge in [0.2, 0.25) is 5.89 Å². The number of nitrogens with one attached hydrogen (secondary N) is 3. The molecule has 43 heavy (non-hydrogen) atoms. The first kappa shape index (κ1) is 31.0. The molecule has 0 unspecified atom stereocenters. The van der Waals surface area contributed by atoms with E-state index in [0.29, 0.717) is 36.4 Å². The lowest BCUT2D eigenvalue weighted by Crippen LogP contribution is -2.28.